The summed E-state index contributed by atoms with van der Waals surface area (Å²) in [4.78, 5) is 4.25. The average Bonchev–Trinajstić information content (AvgIpc) is 2.43. The molecule has 3 nitrogen and oxygen atoms in total. The second-order valence-corrected chi connectivity index (χ2v) is 4.75. The minimum atomic E-state index is -0.409. The van der Waals surface area contributed by atoms with Gasteiger partial charge in [-0.2, -0.15) is 0 Å². The van der Waals surface area contributed by atoms with E-state index in [1.807, 2.05) is 18.2 Å². The highest BCUT2D eigenvalue weighted by Crippen LogP contribution is 2.17. The normalized spacial score (nSPS) is 12.4. The molecule has 2 rings (SSSR count). The third-order valence-electron chi connectivity index (χ3n) is 2.88. The van der Waals surface area contributed by atoms with Gasteiger partial charge < -0.3 is 0 Å². The third kappa shape index (κ3) is 3.99. The maximum Gasteiger partial charge on any atom is 0.142 e. The molecule has 0 aliphatic carbocycles. The van der Waals surface area contributed by atoms with E-state index in [2.05, 4.69) is 10.4 Å². The van der Waals surface area contributed by atoms with Crippen LogP contribution >= 0.6 is 11.6 Å². The summed E-state index contributed by atoms with van der Waals surface area (Å²) in [5, 5.41) is 0.130. The first-order chi connectivity index (χ1) is 9.19. The van der Waals surface area contributed by atoms with Crippen molar-refractivity contribution < 1.29 is 4.39 Å². The van der Waals surface area contributed by atoms with Crippen molar-refractivity contribution in [3.05, 3.63) is 64.7 Å². The molecule has 3 N–H and O–H groups in total. The van der Waals surface area contributed by atoms with E-state index in [0.717, 1.165) is 11.3 Å². The first-order valence-corrected chi connectivity index (χ1v) is 6.37. The number of nitrogens with zero attached hydrogens (tertiary/aromatic N) is 1. The smallest absolute Gasteiger partial charge is 0.142 e. The first kappa shape index (κ1) is 13.9. The lowest BCUT2D eigenvalue weighted by Crippen LogP contribution is -2.38. The van der Waals surface area contributed by atoms with E-state index >= 15 is 0 Å². The molecule has 100 valence electrons. The van der Waals surface area contributed by atoms with Crippen LogP contribution in [-0.2, 0) is 12.8 Å². The van der Waals surface area contributed by atoms with Gasteiger partial charge in [-0.3, -0.25) is 16.3 Å². The molecule has 0 radical (unpaired) electrons. The molecule has 2 aromatic rings. The fourth-order valence-electron chi connectivity index (χ4n) is 1.91. The fraction of sp³-hybridized carbons (Fsp3) is 0.214. The number of nitrogens with two attached hydrogens (primary N) is 1. The van der Waals surface area contributed by atoms with E-state index in [0.29, 0.717) is 12.8 Å². The lowest BCUT2D eigenvalue weighted by Gasteiger charge is -2.15. The maximum atomic E-state index is 13.4. The van der Waals surface area contributed by atoms with E-state index in [1.54, 1.807) is 18.3 Å². The quantitative estimate of drug-likeness (QED) is 0.653. The van der Waals surface area contributed by atoms with Gasteiger partial charge in [-0.15, -0.1) is 0 Å². The summed E-state index contributed by atoms with van der Waals surface area (Å²) in [6.45, 7) is 0. The summed E-state index contributed by atoms with van der Waals surface area (Å²) in [6.07, 6.45) is 3.04. The number of hydrogen-bond acceptors (Lipinski definition) is 3. The van der Waals surface area contributed by atoms with Gasteiger partial charge in [0, 0.05) is 24.4 Å². The number of hydrogen-bond donors (Lipinski definition) is 2. The molecular formula is C14H15ClFN3. The number of hydrazine groups is 1. The third-order valence-corrected chi connectivity index (χ3v) is 3.19. The van der Waals surface area contributed by atoms with Crippen molar-refractivity contribution in [2.45, 2.75) is 18.9 Å². The largest absolute Gasteiger partial charge is 0.271 e. The molecule has 0 amide bonds. The molecule has 1 aromatic carbocycles. The molecule has 0 aliphatic heterocycles. The lowest BCUT2D eigenvalue weighted by atomic mass is 10.0. The predicted octanol–water partition coefficient (Wildman–Crippen LogP) is 2.49. The van der Waals surface area contributed by atoms with Crippen LogP contribution in [-0.4, -0.2) is 11.0 Å². The number of halogens is 2. The van der Waals surface area contributed by atoms with Gasteiger partial charge in [0.15, 0.2) is 0 Å². The SMILES string of the molecule is NNC(Cc1ccc(Cl)c(F)c1)Cc1ccccn1. The molecular weight excluding hydrogens is 265 g/mol. The minimum absolute atomic E-state index is 0.00419. The maximum absolute atomic E-state index is 13.4. The van der Waals surface area contributed by atoms with Gasteiger partial charge in [0.2, 0.25) is 0 Å². The van der Waals surface area contributed by atoms with E-state index in [-0.39, 0.29) is 11.1 Å². The van der Waals surface area contributed by atoms with Crippen LogP contribution in [0.4, 0.5) is 4.39 Å². The van der Waals surface area contributed by atoms with Crippen molar-refractivity contribution in [1.82, 2.24) is 10.4 Å². The lowest BCUT2D eigenvalue weighted by molar-refractivity contribution is 0.515. The predicted molar refractivity (Wildman–Crippen MR) is 74.2 cm³/mol. The molecule has 0 spiro atoms. The molecule has 1 heterocycles. The molecule has 5 heteroatoms. The Labute approximate surface area is 116 Å². The highest BCUT2D eigenvalue weighted by Gasteiger charge is 2.11. The number of rotatable bonds is 5. The van der Waals surface area contributed by atoms with Gasteiger partial charge in [-0.05, 0) is 36.2 Å². The van der Waals surface area contributed by atoms with E-state index in [1.165, 1.54) is 6.07 Å². The van der Waals surface area contributed by atoms with Crippen LogP contribution in [0.3, 0.4) is 0 Å². The van der Waals surface area contributed by atoms with Crippen LogP contribution < -0.4 is 11.3 Å². The van der Waals surface area contributed by atoms with Gasteiger partial charge in [0.05, 0.1) is 5.02 Å². The van der Waals surface area contributed by atoms with Crippen molar-refractivity contribution in [2.75, 3.05) is 0 Å². The zero-order chi connectivity index (χ0) is 13.7. The van der Waals surface area contributed by atoms with Crippen molar-refractivity contribution in [1.29, 1.82) is 0 Å². The van der Waals surface area contributed by atoms with E-state index in [9.17, 15) is 4.39 Å². The summed E-state index contributed by atoms with van der Waals surface area (Å²) in [6, 6.07) is 10.5. The second-order valence-electron chi connectivity index (χ2n) is 4.34. The molecule has 1 atom stereocenters. The van der Waals surface area contributed by atoms with E-state index < -0.39 is 5.82 Å². The van der Waals surface area contributed by atoms with Gasteiger partial charge in [0.1, 0.15) is 5.82 Å². The molecule has 0 aliphatic rings. The van der Waals surface area contributed by atoms with Gasteiger partial charge in [-0.1, -0.05) is 23.7 Å². The number of benzene rings is 1. The topological polar surface area (TPSA) is 50.9 Å². The second kappa shape index (κ2) is 6.61. The van der Waals surface area contributed by atoms with E-state index in [4.69, 9.17) is 17.4 Å². The zero-order valence-corrected chi connectivity index (χ0v) is 11.1. The van der Waals surface area contributed by atoms with Gasteiger partial charge in [0.25, 0.3) is 0 Å². The monoisotopic (exact) mass is 279 g/mol. The summed E-state index contributed by atoms with van der Waals surface area (Å²) in [5.74, 6) is 5.13. The van der Waals surface area contributed by atoms with Crippen LogP contribution in [0.5, 0.6) is 0 Å². The molecule has 0 saturated carbocycles. The zero-order valence-electron chi connectivity index (χ0n) is 10.3. The fourth-order valence-corrected chi connectivity index (χ4v) is 2.03. The Morgan fingerprint density at radius 2 is 2.11 bits per heavy atom. The van der Waals surface area contributed by atoms with Crippen molar-refractivity contribution in [3.8, 4) is 0 Å². The Kier molecular flexibility index (Phi) is 4.85. The van der Waals surface area contributed by atoms with Crippen LogP contribution in [0.1, 0.15) is 11.3 Å². The number of pyridine rings is 1. The standard InChI is InChI=1S/C14H15ClFN3/c15-13-5-4-10(8-14(13)16)7-12(19-17)9-11-3-1-2-6-18-11/h1-6,8,12,19H,7,9,17H2. The minimum Gasteiger partial charge on any atom is -0.271 e. The molecule has 0 saturated heterocycles. The van der Waals surface area contributed by atoms with Crippen LogP contribution in [0.25, 0.3) is 0 Å². The Balaban J connectivity index is 2.04. The number of aromatic nitrogens is 1. The molecule has 0 fully saturated rings. The highest BCUT2D eigenvalue weighted by atomic mass is 35.5. The van der Waals surface area contributed by atoms with Crippen LogP contribution in [0.15, 0.2) is 42.6 Å². The van der Waals surface area contributed by atoms with Gasteiger partial charge >= 0.3 is 0 Å². The van der Waals surface area contributed by atoms with Crippen LogP contribution in [0.2, 0.25) is 5.02 Å². The van der Waals surface area contributed by atoms with Crippen LogP contribution in [0, 0.1) is 5.82 Å². The Morgan fingerprint density at radius 1 is 1.26 bits per heavy atom. The Hall–Kier alpha value is -1.49. The van der Waals surface area contributed by atoms with Crippen molar-refractivity contribution >= 4 is 11.6 Å². The summed E-state index contributed by atoms with van der Waals surface area (Å²) in [7, 11) is 0. The van der Waals surface area contributed by atoms with Gasteiger partial charge in [-0.25, -0.2) is 4.39 Å². The Bertz CT molecular complexity index is 533. The molecule has 1 unspecified atom stereocenters. The Morgan fingerprint density at radius 3 is 2.74 bits per heavy atom. The molecule has 1 aromatic heterocycles. The van der Waals surface area contributed by atoms with Crippen molar-refractivity contribution in [2.24, 2.45) is 5.84 Å². The van der Waals surface area contributed by atoms with Crippen molar-refractivity contribution in [3.63, 3.8) is 0 Å². The molecule has 0 bridgehead atoms. The first-order valence-electron chi connectivity index (χ1n) is 5.99. The number of nitrogens with one attached hydrogen (secondary N) is 1. The average molecular weight is 280 g/mol. The molecule has 19 heavy (non-hydrogen) atoms. The highest BCUT2D eigenvalue weighted by molar-refractivity contribution is 6.30. The summed E-state index contributed by atoms with van der Waals surface area (Å²) in [5.41, 5.74) is 4.53. The summed E-state index contributed by atoms with van der Waals surface area (Å²) < 4.78 is 13.4. The summed E-state index contributed by atoms with van der Waals surface area (Å²) >= 11 is 5.66.